The van der Waals surface area contributed by atoms with Crippen LogP contribution in [0.4, 0.5) is 0 Å². The van der Waals surface area contributed by atoms with Crippen molar-refractivity contribution < 1.29 is 4.74 Å². The summed E-state index contributed by atoms with van der Waals surface area (Å²) in [5, 5.41) is 0. The Morgan fingerprint density at radius 1 is 1.25 bits per heavy atom. The molecule has 2 N–H and O–H groups in total. The molecule has 2 fully saturated rings. The lowest BCUT2D eigenvalue weighted by Gasteiger charge is -2.32. The third kappa shape index (κ3) is 2.98. The molecular weight excluding hydrogens is 198 g/mol. The Morgan fingerprint density at radius 2 is 2.00 bits per heavy atom. The molecule has 94 valence electrons. The van der Waals surface area contributed by atoms with Crippen LogP contribution in [0, 0.1) is 11.3 Å². The summed E-state index contributed by atoms with van der Waals surface area (Å²) in [5.41, 5.74) is 6.15. The topological polar surface area (TPSA) is 35.2 Å². The van der Waals surface area contributed by atoms with Gasteiger partial charge in [-0.05, 0) is 50.0 Å². The van der Waals surface area contributed by atoms with E-state index in [9.17, 15) is 0 Å². The van der Waals surface area contributed by atoms with Crippen molar-refractivity contribution in [1.82, 2.24) is 0 Å². The van der Waals surface area contributed by atoms with Crippen LogP contribution in [0.15, 0.2) is 0 Å². The van der Waals surface area contributed by atoms with Crippen molar-refractivity contribution in [2.75, 3.05) is 13.2 Å². The fourth-order valence-electron chi connectivity index (χ4n) is 3.09. The van der Waals surface area contributed by atoms with Gasteiger partial charge in [-0.25, -0.2) is 0 Å². The molecule has 2 nitrogen and oxygen atoms in total. The zero-order valence-electron chi connectivity index (χ0n) is 10.7. The molecule has 0 spiro atoms. The quantitative estimate of drug-likeness (QED) is 0.754. The Kier molecular flexibility index (Phi) is 4.26. The largest absolute Gasteiger partial charge is 0.377 e. The number of hydrogen-bond acceptors (Lipinski definition) is 2. The van der Waals surface area contributed by atoms with E-state index in [1.165, 1.54) is 44.9 Å². The van der Waals surface area contributed by atoms with Crippen LogP contribution in [0.5, 0.6) is 0 Å². The Morgan fingerprint density at radius 3 is 2.62 bits per heavy atom. The van der Waals surface area contributed by atoms with E-state index in [2.05, 4.69) is 6.92 Å². The van der Waals surface area contributed by atoms with Crippen molar-refractivity contribution in [3.8, 4) is 0 Å². The van der Waals surface area contributed by atoms with Gasteiger partial charge in [0.05, 0.1) is 12.7 Å². The second kappa shape index (κ2) is 5.50. The summed E-state index contributed by atoms with van der Waals surface area (Å²) in [6.07, 6.45) is 11.1. The first-order valence-corrected chi connectivity index (χ1v) is 7.11. The van der Waals surface area contributed by atoms with Crippen molar-refractivity contribution >= 4 is 0 Å². The number of hydrogen-bond donors (Lipinski definition) is 1. The molecule has 0 bridgehead atoms. The highest BCUT2D eigenvalue weighted by molar-refractivity contribution is 4.93. The Labute approximate surface area is 99.9 Å². The zero-order valence-corrected chi connectivity index (χ0v) is 10.7. The van der Waals surface area contributed by atoms with Crippen LogP contribution in [-0.4, -0.2) is 19.3 Å². The summed E-state index contributed by atoms with van der Waals surface area (Å²) < 4.78 is 6.21. The van der Waals surface area contributed by atoms with E-state index in [-0.39, 0.29) is 0 Å². The lowest BCUT2D eigenvalue weighted by Crippen LogP contribution is -2.30. The average Bonchev–Trinajstić information content (AvgIpc) is 3.08. The molecule has 0 heterocycles. The first-order chi connectivity index (χ1) is 7.79. The van der Waals surface area contributed by atoms with Crippen molar-refractivity contribution in [3.05, 3.63) is 0 Å². The highest BCUT2D eigenvalue weighted by atomic mass is 16.5. The number of rotatable bonds is 6. The lowest BCUT2D eigenvalue weighted by molar-refractivity contribution is -0.0337. The Balaban J connectivity index is 1.75. The van der Waals surface area contributed by atoms with Crippen LogP contribution in [0.3, 0.4) is 0 Å². The second-order valence-electron chi connectivity index (χ2n) is 5.84. The molecule has 2 saturated carbocycles. The number of ether oxygens (including phenoxy) is 1. The molecule has 2 rings (SSSR count). The molecule has 16 heavy (non-hydrogen) atoms. The van der Waals surface area contributed by atoms with Crippen molar-refractivity contribution in [1.29, 1.82) is 0 Å². The molecular formula is C14H27NO. The van der Waals surface area contributed by atoms with Crippen LogP contribution >= 0.6 is 0 Å². The summed E-state index contributed by atoms with van der Waals surface area (Å²) in [6.45, 7) is 4.11. The van der Waals surface area contributed by atoms with E-state index < -0.39 is 0 Å². The van der Waals surface area contributed by atoms with Gasteiger partial charge in [-0.2, -0.15) is 0 Å². The third-order valence-corrected chi connectivity index (χ3v) is 4.60. The normalized spacial score (nSPS) is 32.6. The van der Waals surface area contributed by atoms with Gasteiger partial charge in [0.25, 0.3) is 0 Å². The minimum Gasteiger partial charge on any atom is -0.377 e. The number of nitrogens with two attached hydrogens (primary N) is 1. The van der Waals surface area contributed by atoms with E-state index >= 15 is 0 Å². The van der Waals surface area contributed by atoms with Crippen LogP contribution in [0.25, 0.3) is 0 Å². The maximum absolute atomic E-state index is 6.21. The predicted molar refractivity (Wildman–Crippen MR) is 67.3 cm³/mol. The fourth-order valence-corrected chi connectivity index (χ4v) is 3.09. The Hall–Kier alpha value is -0.0800. The van der Waals surface area contributed by atoms with Gasteiger partial charge in [-0.15, -0.1) is 0 Å². The van der Waals surface area contributed by atoms with Gasteiger partial charge in [0, 0.05) is 0 Å². The standard InChI is InChI=1S/C14H27NO/c1-2-12-5-3-4-6-13(12)16-11-14(7-8-14)9-10-15/h12-13H,2-11,15H2,1H3. The monoisotopic (exact) mass is 225 g/mol. The van der Waals surface area contributed by atoms with Gasteiger partial charge in [-0.1, -0.05) is 26.2 Å². The second-order valence-corrected chi connectivity index (χ2v) is 5.84. The zero-order chi connectivity index (χ0) is 11.4. The van der Waals surface area contributed by atoms with Crippen molar-refractivity contribution in [2.45, 2.75) is 64.4 Å². The van der Waals surface area contributed by atoms with Gasteiger partial charge in [0.2, 0.25) is 0 Å². The summed E-state index contributed by atoms with van der Waals surface area (Å²) in [7, 11) is 0. The minimum absolute atomic E-state index is 0.491. The van der Waals surface area contributed by atoms with E-state index in [0.29, 0.717) is 11.5 Å². The molecule has 0 saturated heterocycles. The molecule has 2 heteroatoms. The maximum atomic E-state index is 6.21. The minimum atomic E-state index is 0.491. The lowest BCUT2D eigenvalue weighted by atomic mass is 9.84. The highest BCUT2D eigenvalue weighted by Gasteiger charge is 2.42. The molecule has 0 aliphatic heterocycles. The Bertz CT molecular complexity index is 213. The molecule has 0 aromatic carbocycles. The van der Waals surface area contributed by atoms with Crippen molar-refractivity contribution in [3.63, 3.8) is 0 Å². The molecule has 2 atom stereocenters. The van der Waals surface area contributed by atoms with Gasteiger partial charge in [0.1, 0.15) is 0 Å². The molecule has 0 amide bonds. The van der Waals surface area contributed by atoms with Crippen LogP contribution < -0.4 is 5.73 Å². The smallest absolute Gasteiger partial charge is 0.0603 e. The summed E-state index contributed by atoms with van der Waals surface area (Å²) in [5.74, 6) is 0.822. The first-order valence-electron chi connectivity index (χ1n) is 7.11. The molecule has 2 aliphatic carbocycles. The maximum Gasteiger partial charge on any atom is 0.0603 e. The summed E-state index contributed by atoms with van der Waals surface area (Å²) >= 11 is 0. The summed E-state index contributed by atoms with van der Waals surface area (Å²) in [4.78, 5) is 0. The highest BCUT2D eigenvalue weighted by Crippen LogP contribution is 2.49. The SMILES string of the molecule is CCC1CCCCC1OCC1(CCN)CC1. The third-order valence-electron chi connectivity index (χ3n) is 4.60. The van der Waals surface area contributed by atoms with E-state index in [0.717, 1.165) is 25.5 Å². The van der Waals surface area contributed by atoms with E-state index in [1.807, 2.05) is 0 Å². The molecule has 2 unspecified atom stereocenters. The molecule has 0 aromatic rings. The summed E-state index contributed by atoms with van der Waals surface area (Å²) in [6, 6.07) is 0. The van der Waals surface area contributed by atoms with Gasteiger partial charge >= 0.3 is 0 Å². The predicted octanol–water partition coefficient (Wildman–Crippen LogP) is 3.10. The van der Waals surface area contributed by atoms with Crippen LogP contribution in [0.2, 0.25) is 0 Å². The first kappa shape index (κ1) is 12.4. The van der Waals surface area contributed by atoms with Crippen LogP contribution in [0.1, 0.15) is 58.3 Å². The van der Waals surface area contributed by atoms with Gasteiger partial charge in [-0.3, -0.25) is 0 Å². The van der Waals surface area contributed by atoms with Crippen molar-refractivity contribution in [2.24, 2.45) is 17.1 Å². The molecule has 0 radical (unpaired) electrons. The molecule has 0 aromatic heterocycles. The molecule has 2 aliphatic rings. The van der Waals surface area contributed by atoms with Gasteiger partial charge < -0.3 is 10.5 Å². The fraction of sp³-hybridized carbons (Fsp3) is 1.00. The van der Waals surface area contributed by atoms with Gasteiger partial charge in [0.15, 0.2) is 0 Å². The van der Waals surface area contributed by atoms with E-state index in [1.54, 1.807) is 0 Å². The van der Waals surface area contributed by atoms with Crippen LogP contribution in [-0.2, 0) is 4.74 Å². The average molecular weight is 225 g/mol. The van der Waals surface area contributed by atoms with E-state index in [4.69, 9.17) is 10.5 Å².